The van der Waals surface area contributed by atoms with Crippen molar-refractivity contribution in [2.24, 2.45) is 0 Å². The molecule has 0 N–H and O–H groups in total. The molecule has 0 unspecified atom stereocenters. The second kappa shape index (κ2) is 7.05. The van der Waals surface area contributed by atoms with Gasteiger partial charge in [-0.15, -0.1) is 0 Å². The first-order chi connectivity index (χ1) is 11.2. The Labute approximate surface area is 141 Å². The summed E-state index contributed by atoms with van der Waals surface area (Å²) in [6.07, 6.45) is 1.01. The Balaban J connectivity index is 1.72. The minimum atomic E-state index is -0.500. The van der Waals surface area contributed by atoms with Crippen molar-refractivity contribution >= 4 is 17.5 Å². The molecule has 0 saturated carbocycles. The highest BCUT2D eigenvalue weighted by Gasteiger charge is 2.27. The average molecular weight is 330 g/mol. The lowest BCUT2D eigenvalue weighted by Gasteiger charge is -2.31. The SMILES string of the molecule is CC[C@H](Oc1ccccc1Cl)C(=O)N1CCc2ccccc2C1. The minimum absolute atomic E-state index is 0.0296. The van der Waals surface area contributed by atoms with Crippen LogP contribution >= 0.6 is 11.6 Å². The average Bonchev–Trinajstić information content (AvgIpc) is 2.60. The Bertz CT molecular complexity index is 701. The van der Waals surface area contributed by atoms with E-state index in [1.165, 1.54) is 11.1 Å². The quantitative estimate of drug-likeness (QED) is 0.845. The van der Waals surface area contributed by atoms with Gasteiger partial charge in [-0.1, -0.05) is 54.9 Å². The standard InChI is InChI=1S/C19H20ClNO2/c1-2-17(23-18-10-6-5-9-16(18)20)19(22)21-12-11-14-7-3-4-8-15(14)13-21/h3-10,17H,2,11-13H2,1H3/t17-/m0/s1. The van der Waals surface area contributed by atoms with E-state index < -0.39 is 6.10 Å². The van der Waals surface area contributed by atoms with E-state index >= 15 is 0 Å². The van der Waals surface area contributed by atoms with Crippen LogP contribution in [0.15, 0.2) is 48.5 Å². The normalized spacial score (nSPS) is 15.0. The van der Waals surface area contributed by atoms with Crippen LogP contribution in [0.1, 0.15) is 24.5 Å². The summed E-state index contributed by atoms with van der Waals surface area (Å²) in [6.45, 7) is 3.34. The summed E-state index contributed by atoms with van der Waals surface area (Å²) in [7, 11) is 0. The number of para-hydroxylation sites is 1. The van der Waals surface area contributed by atoms with Gasteiger partial charge in [0.2, 0.25) is 0 Å². The summed E-state index contributed by atoms with van der Waals surface area (Å²) in [6, 6.07) is 15.6. The van der Waals surface area contributed by atoms with Crippen LogP contribution in [-0.4, -0.2) is 23.5 Å². The Morgan fingerprint density at radius 3 is 2.61 bits per heavy atom. The molecule has 0 radical (unpaired) electrons. The van der Waals surface area contributed by atoms with E-state index in [9.17, 15) is 4.79 Å². The minimum Gasteiger partial charge on any atom is -0.479 e. The van der Waals surface area contributed by atoms with Crippen molar-refractivity contribution in [3.05, 3.63) is 64.7 Å². The third-order valence-corrected chi connectivity index (χ3v) is 4.51. The fourth-order valence-corrected chi connectivity index (χ4v) is 3.07. The van der Waals surface area contributed by atoms with Crippen molar-refractivity contribution in [2.75, 3.05) is 6.54 Å². The molecule has 0 fully saturated rings. The van der Waals surface area contributed by atoms with Crippen LogP contribution in [0.2, 0.25) is 5.02 Å². The van der Waals surface area contributed by atoms with Crippen molar-refractivity contribution in [1.82, 2.24) is 4.90 Å². The number of fused-ring (bicyclic) bond motifs is 1. The number of amides is 1. The van der Waals surface area contributed by atoms with E-state index in [1.54, 1.807) is 12.1 Å². The van der Waals surface area contributed by atoms with Crippen LogP contribution < -0.4 is 4.74 Å². The van der Waals surface area contributed by atoms with Crippen LogP contribution in [0, 0.1) is 0 Å². The number of hydrogen-bond donors (Lipinski definition) is 0. The molecule has 2 aromatic carbocycles. The van der Waals surface area contributed by atoms with Gasteiger partial charge in [0, 0.05) is 13.1 Å². The fourth-order valence-electron chi connectivity index (χ4n) is 2.89. The van der Waals surface area contributed by atoms with Gasteiger partial charge in [0.15, 0.2) is 6.10 Å². The lowest BCUT2D eigenvalue weighted by molar-refractivity contribution is -0.139. The van der Waals surface area contributed by atoms with E-state index in [1.807, 2.05) is 36.1 Å². The first kappa shape index (κ1) is 15.9. The van der Waals surface area contributed by atoms with E-state index in [4.69, 9.17) is 16.3 Å². The number of hydrogen-bond acceptors (Lipinski definition) is 2. The van der Waals surface area contributed by atoms with Crippen molar-refractivity contribution in [3.63, 3.8) is 0 Å². The van der Waals surface area contributed by atoms with Crippen molar-refractivity contribution in [2.45, 2.75) is 32.4 Å². The molecule has 3 rings (SSSR count). The smallest absolute Gasteiger partial charge is 0.263 e. The molecule has 1 heterocycles. The van der Waals surface area contributed by atoms with Gasteiger partial charge < -0.3 is 9.64 Å². The van der Waals surface area contributed by atoms with Gasteiger partial charge in [-0.3, -0.25) is 4.79 Å². The maximum absolute atomic E-state index is 12.8. The molecule has 0 spiro atoms. The van der Waals surface area contributed by atoms with Gasteiger partial charge in [-0.2, -0.15) is 0 Å². The molecule has 1 aliphatic rings. The second-order valence-electron chi connectivity index (χ2n) is 5.72. The van der Waals surface area contributed by atoms with Gasteiger partial charge >= 0.3 is 0 Å². The highest BCUT2D eigenvalue weighted by Crippen LogP contribution is 2.26. The second-order valence-corrected chi connectivity index (χ2v) is 6.13. The predicted molar refractivity (Wildman–Crippen MR) is 91.7 cm³/mol. The van der Waals surface area contributed by atoms with E-state index in [-0.39, 0.29) is 5.91 Å². The lowest BCUT2D eigenvalue weighted by atomic mass is 9.99. The van der Waals surface area contributed by atoms with Crippen molar-refractivity contribution in [1.29, 1.82) is 0 Å². The zero-order valence-corrected chi connectivity index (χ0v) is 13.9. The molecule has 0 bridgehead atoms. The van der Waals surface area contributed by atoms with Gasteiger partial charge in [0.25, 0.3) is 5.91 Å². The zero-order chi connectivity index (χ0) is 16.2. The molecule has 3 nitrogen and oxygen atoms in total. The van der Waals surface area contributed by atoms with Crippen LogP contribution in [0.25, 0.3) is 0 Å². The van der Waals surface area contributed by atoms with Crippen LogP contribution in [0.4, 0.5) is 0 Å². The predicted octanol–water partition coefficient (Wildman–Crippen LogP) is 4.08. The topological polar surface area (TPSA) is 29.5 Å². The number of halogens is 1. The number of ether oxygens (including phenoxy) is 1. The summed E-state index contributed by atoms with van der Waals surface area (Å²) in [5.74, 6) is 0.591. The van der Waals surface area contributed by atoms with Crippen LogP contribution in [0.3, 0.4) is 0 Å². The molecular weight excluding hydrogens is 310 g/mol. The zero-order valence-electron chi connectivity index (χ0n) is 13.2. The van der Waals surface area contributed by atoms with Gasteiger partial charge in [-0.25, -0.2) is 0 Å². The molecule has 2 aromatic rings. The number of carbonyl (C=O) groups is 1. The van der Waals surface area contributed by atoms with E-state index in [0.717, 1.165) is 13.0 Å². The highest BCUT2D eigenvalue weighted by molar-refractivity contribution is 6.32. The third-order valence-electron chi connectivity index (χ3n) is 4.19. The third kappa shape index (κ3) is 3.50. The van der Waals surface area contributed by atoms with E-state index in [0.29, 0.717) is 23.7 Å². The van der Waals surface area contributed by atoms with E-state index in [2.05, 4.69) is 12.1 Å². The maximum atomic E-state index is 12.8. The molecule has 23 heavy (non-hydrogen) atoms. The summed E-state index contributed by atoms with van der Waals surface area (Å²) in [4.78, 5) is 14.7. The molecule has 0 saturated heterocycles. The summed E-state index contributed by atoms with van der Waals surface area (Å²) < 4.78 is 5.87. The van der Waals surface area contributed by atoms with Gasteiger partial charge in [-0.05, 0) is 36.1 Å². The van der Waals surface area contributed by atoms with Gasteiger partial charge in [0.05, 0.1) is 5.02 Å². The van der Waals surface area contributed by atoms with Crippen molar-refractivity contribution < 1.29 is 9.53 Å². The monoisotopic (exact) mass is 329 g/mol. The summed E-state index contributed by atoms with van der Waals surface area (Å²) in [5, 5.41) is 0.530. The molecule has 1 aliphatic heterocycles. The summed E-state index contributed by atoms with van der Waals surface area (Å²) in [5.41, 5.74) is 2.55. The molecular formula is C19H20ClNO2. The van der Waals surface area contributed by atoms with Crippen LogP contribution in [0.5, 0.6) is 5.75 Å². The maximum Gasteiger partial charge on any atom is 0.263 e. The number of carbonyl (C=O) groups excluding carboxylic acids is 1. The first-order valence-corrected chi connectivity index (χ1v) is 8.33. The highest BCUT2D eigenvalue weighted by atomic mass is 35.5. The molecule has 0 aromatic heterocycles. The number of benzene rings is 2. The Kier molecular flexibility index (Phi) is 4.87. The van der Waals surface area contributed by atoms with Crippen molar-refractivity contribution in [3.8, 4) is 5.75 Å². The number of nitrogens with zero attached hydrogens (tertiary/aromatic N) is 1. The molecule has 4 heteroatoms. The summed E-state index contributed by atoms with van der Waals surface area (Å²) >= 11 is 6.13. The molecule has 0 aliphatic carbocycles. The molecule has 1 amide bonds. The Morgan fingerprint density at radius 2 is 1.87 bits per heavy atom. The Morgan fingerprint density at radius 1 is 1.17 bits per heavy atom. The number of rotatable bonds is 4. The fraction of sp³-hybridized carbons (Fsp3) is 0.316. The Hall–Kier alpha value is -2.00. The van der Waals surface area contributed by atoms with Crippen LogP contribution in [-0.2, 0) is 17.8 Å². The first-order valence-electron chi connectivity index (χ1n) is 7.95. The molecule has 120 valence electrons. The largest absolute Gasteiger partial charge is 0.479 e. The molecule has 1 atom stereocenters. The van der Waals surface area contributed by atoms with Gasteiger partial charge in [0.1, 0.15) is 5.75 Å². The lowest BCUT2D eigenvalue weighted by Crippen LogP contribution is -2.44.